The number of ether oxygens (including phenoxy) is 1. The first-order valence-electron chi connectivity index (χ1n) is 5.82. The van der Waals surface area contributed by atoms with E-state index in [1.165, 1.54) is 4.90 Å². The Hall–Kier alpha value is -1.23. The zero-order chi connectivity index (χ0) is 13.5. The van der Waals surface area contributed by atoms with Crippen molar-refractivity contribution in [2.24, 2.45) is 0 Å². The first-order chi connectivity index (χ1) is 8.54. The van der Waals surface area contributed by atoms with Crippen LogP contribution >= 0.6 is 15.9 Å². The van der Waals surface area contributed by atoms with Gasteiger partial charge >= 0.3 is 6.03 Å². The lowest BCUT2D eigenvalue weighted by molar-refractivity contribution is 0.217. The molecule has 0 aromatic heterocycles. The number of aryl methyl sites for hydroxylation is 1. The summed E-state index contributed by atoms with van der Waals surface area (Å²) in [7, 11) is 5.12. The number of urea groups is 1. The molecule has 0 spiro atoms. The van der Waals surface area contributed by atoms with E-state index in [1.54, 1.807) is 21.2 Å². The molecule has 0 radical (unpaired) electrons. The number of carbonyl (C=O) groups is 1. The fourth-order valence-electron chi connectivity index (χ4n) is 1.56. The minimum absolute atomic E-state index is 0.0576. The minimum atomic E-state index is -0.0576. The Kier molecular flexibility index (Phi) is 5.98. The Morgan fingerprint density at radius 2 is 2.17 bits per heavy atom. The molecule has 0 aliphatic carbocycles. The van der Waals surface area contributed by atoms with Gasteiger partial charge in [-0.15, -0.1) is 0 Å². The molecule has 0 aliphatic rings. The van der Waals surface area contributed by atoms with Crippen LogP contribution in [0.15, 0.2) is 22.7 Å². The summed E-state index contributed by atoms with van der Waals surface area (Å²) in [5.41, 5.74) is 1.15. The number of carbonyl (C=O) groups excluding carboxylic acids is 1. The number of methoxy groups -OCH3 is 1. The summed E-state index contributed by atoms with van der Waals surface area (Å²) in [5.74, 6) is 0.878. The van der Waals surface area contributed by atoms with Crippen LogP contribution in [0.4, 0.5) is 4.79 Å². The zero-order valence-electron chi connectivity index (χ0n) is 11.0. The number of amides is 2. The van der Waals surface area contributed by atoms with Gasteiger partial charge in [0, 0.05) is 25.1 Å². The minimum Gasteiger partial charge on any atom is -0.496 e. The van der Waals surface area contributed by atoms with Crippen molar-refractivity contribution in [2.45, 2.75) is 12.8 Å². The van der Waals surface area contributed by atoms with Gasteiger partial charge in [-0.25, -0.2) is 4.79 Å². The topological polar surface area (TPSA) is 41.6 Å². The normalized spacial score (nSPS) is 10.0. The SMILES string of the molecule is COc1cc(Br)ccc1CCCNC(=O)N(C)C. The fourth-order valence-corrected chi connectivity index (χ4v) is 1.90. The van der Waals surface area contributed by atoms with E-state index in [2.05, 4.69) is 21.2 Å². The third-order valence-electron chi connectivity index (χ3n) is 2.55. The Morgan fingerprint density at radius 3 is 2.78 bits per heavy atom. The summed E-state index contributed by atoms with van der Waals surface area (Å²) in [4.78, 5) is 12.8. The van der Waals surface area contributed by atoms with E-state index >= 15 is 0 Å². The monoisotopic (exact) mass is 314 g/mol. The van der Waals surface area contributed by atoms with Crippen LogP contribution in [0.3, 0.4) is 0 Å². The number of nitrogens with zero attached hydrogens (tertiary/aromatic N) is 1. The molecule has 0 aliphatic heterocycles. The highest BCUT2D eigenvalue weighted by atomic mass is 79.9. The summed E-state index contributed by atoms with van der Waals surface area (Å²) >= 11 is 3.41. The van der Waals surface area contributed by atoms with E-state index in [-0.39, 0.29) is 6.03 Å². The van der Waals surface area contributed by atoms with Crippen molar-refractivity contribution in [1.82, 2.24) is 10.2 Å². The molecular formula is C13H19BrN2O2. The van der Waals surface area contributed by atoms with E-state index in [1.807, 2.05) is 18.2 Å². The van der Waals surface area contributed by atoms with E-state index < -0.39 is 0 Å². The predicted octanol–water partition coefficient (Wildman–Crippen LogP) is 2.66. The van der Waals surface area contributed by atoms with Crippen LogP contribution in [-0.2, 0) is 6.42 Å². The van der Waals surface area contributed by atoms with Crippen molar-refractivity contribution in [2.75, 3.05) is 27.7 Å². The summed E-state index contributed by atoms with van der Waals surface area (Å²) in [6.07, 6.45) is 1.77. The third-order valence-corrected chi connectivity index (χ3v) is 3.05. The second-order valence-electron chi connectivity index (χ2n) is 4.19. The number of hydrogen-bond acceptors (Lipinski definition) is 2. The lowest BCUT2D eigenvalue weighted by Crippen LogP contribution is -2.35. The molecule has 4 nitrogen and oxygen atoms in total. The highest BCUT2D eigenvalue weighted by Gasteiger charge is 2.05. The van der Waals surface area contributed by atoms with Gasteiger partial charge < -0.3 is 15.0 Å². The smallest absolute Gasteiger partial charge is 0.316 e. The molecule has 0 heterocycles. The molecule has 1 aromatic rings. The molecule has 0 saturated heterocycles. The number of rotatable bonds is 5. The molecular weight excluding hydrogens is 296 g/mol. The van der Waals surface area contributed by atoms with Crippen LogP contribution in [0.1, 0.15) is 12.0 Å². The maximum Gasteiger partial charge on any atom is 0.316 e. The quantitative estimate of drug-likeness (QED) is 0.849. The van der Waals surface area contributed by atoms with Gasteiger partial charge in [-0.2, -0.15) is 0 Å². The molecule has 0 saturated carbocycles. The number of hydrogen-bond donors (Lipinski definition) is 1. The average molecular weight is 315 g/mol. The molecule has 1 N–H and O–H groups in total. The molecule has 5 heteroatoms. The number of nitrogens with one attached hydrogen (secondary N) is 1. The van der Waals surface area contributed by atoms with Gasteiger partial charge in [0.25, 0.3) is 0 Å². The Labute approximate surface area is 116 Å². The zero-order valence-corrected chi connectivity index (χ0v) is 12.6. The van der Waals surface area contributed by atoms with Gasteiger partial charge in [-0.05, 0) is 30.5 Å². The van der Waals surface area contributed by atoms with Crippen LogP contribution < -0.4 is 10.1 Å². The highest BCUT2D eigenvalue weighted by molar-refractivity contribution is 9.10. The average Bonchev–Trinajstić information content (AvgIpc) is 2.35. The van der Waals surface area contributed by atoms with E-state index in [0.29, 0.717) is 6.54 Å². The van der Waals surface area contributed by atoms with Crippen molar-refractivity contribution in [3.8, 4) is 5.75 Å². The van der Waals surface area contributed by atoms with Gasteiger partial charge in [-0.3, -0.25) is 0 Å². The lowest BCUT2D eigenvalue weighted by Gasteiger charge is -2.12. The van der Waals surface area contributed by atoms with Crippen molar-refractivity contribution in [3.05, 3.63) is 28.2 Å². The van der Waals surface area contributed by atoms with E-state index in [9.17, 15) is 4.79 Å². The Morgan fingerprint density at radius 1 is 1.44 bits per heavy atom. The van der Waals surface area contributed by atoms with Crippen LogP contribution in [0.25, 0.3) is 0 Å². The second kappa shape index (κ2) is 7.26. The van der Waals surface area contributed by atoms with Crippen molar-refractivity contribution >= 4 is 22.0 Å². The molecule has 2 amide bonds. The Balaban J connectivity index is 2.42. The van der Waals surface area contributed by atoms with Crippen molar-refractivity contribution < 1.29 is 9.53 Å². The van der Waals surface area contributed by atoms with Gasteiger partial charge in [0.15, 0.2) is 0 Å². The second-order valence-corrected chi connectivity index (χ2v) is 5.10. The van der Waals surface area contributed by atoms with Gasteiger partial charge in [-0.1, -0.05) is 22.0 Å². The maximum atomic E-state index is 11.3. The van der Waals surface area contributed by atoms with Crippen LogP contribution in [-0.4, -0.2) is 38.7 Å². The van der Waals surface area contributed by atoms with Gasteiger partial charge in [0.2, 0.25) is 0 Å². The summed E-state index contributed by atoms with van der Waals surface area (Å²) in [5, 5.41) is 2.84. The maximum absolute atomic E-state index is 11.3. The molecule has 18 heavy (non-hydrogen) atoms. The number of benzene rings is 1. The van der Waals surface area contributed by atoms with E-state index in [0.717, 1.165) is 28.6 Å². The van der Waals surface area contributed by atoms with Crippen LogP contribution in [0, 0.1) is 0 Å². The molecule has 1 aromatic carbocycles. The standard InChI is InChI=1S/C13H19BrN2O2/c1-16(2)13(17)15-8-4-5-10-6-7-11(14)9-12(10)18-3/h6-7,9H,4-5,8H2,1-3H3,(H,15,17). The largest absolute Gasteiger partial charge is 0.496 e. The first-order valence-corrected chi connectivity index (χ1v) is 6.61. The first kappa shape index (κ1) is 14.8. The summed E-state index contributed by atoms with van der Waals surface area (Å²) in [6, 6.07) is 5.93. The van der Waals surface area contributed by atoms with Gasteiger partial charge in [0.1, 0.15) is 5.75 Å². The molecule has 0 bridgehead atoms. The summed E-state index contributed by atoms with van der Waals surface area (Å²) in [6.45, 7) is 0.663. The summed E-state index contributed by atoms with van der Waals surface area (Å²) < 4.78 is 6.32. The molecule has 0 unspecified atom stereocenters. The van der Waals surface area contributed by atoms with Crippen molar-refractivity contribution in [1.29, 1.82) is 0 Å². The molecule has 0 fully saturated rings. The van der Waals surface area contributed by atoms with Gasteiger partial charge in [0.05, 0.1) is 7.11 Å². The van der Waals surface area contributed by atoms with Crippen molar-refractivity contribution in [3.63, 3.8) is 0 Å². The predicted molar refractivity (Wildman–Crippen MR) is 76.1 cm³/mol. The Bertz CT molecular complexity index is 408. The molecule has 0 atom stereocenters. The number of halogens is 1. The molecule has 1 rings (SSSR count). The van der Waals surface area contributed by atoms with Crippen LogP contribution in [0.5, 0.6) is 5.75 Å². The third kappa shape index (κ3) is 4.56. The molecule has 100 valence electrons. The van der Waals surface area contributed by atoms with Crippen LogP contribution in [0.2, 0.25) is 0 Å². The fraction of sp³-hybridized carbons (Fsp3) is 0.462. The van der Waals surface area contributed by atoms with E-state index in [4.69, 9.17) is 4.74 Å². The lowest BCUT2D eigenvalue weighted by atomic mass is 10.1. The highest BCUT2D eigenvalue weighted by Crippen LogP contribution is 2.24.